The summed E-state index contributed by atoms with van der Waals surface area (Å²) < 4.78 is 27.2. The van der Waals surface area contributed by atoms with Gasteiger partial charge < -0.3 is 5.32 Å². The van der Waals surface area contributed by atoms with Gasteiger partial charge in [-0.2, -0.15) is 0 Å². The van der Waals surface area contributed by atoms with Gasteiger partial charge in [0.2, 0.25) is 0 Å². The van der Waals surface area contributed by atoms with Gasteiger partial charge >= 0.3 is 6.03 Å². The third-order valence-corrected chi connectivity index (χ3v) is 6.61. The van der Waals surface area contributed by atoms with Crippen LogP contribution in [0.4, 0.5) is 16.2 Å². The summed E-state index contributed by atoms with van der Waals surface area (Å²) in [5, 5.41) is 3.48. The van der Waals surface area contributed by atoms with Crippen LogP contribution in [0.1, 0.15) is 19.4 Å². The van der Waals surface area contributed by atoms with Crippen LogP contribution >= 0.6 is 0 Å². The highest BCUT2D eigenvalue weighted by Crippen LogP contribution is 2.34. The van der Waals surface area contributed by atoms with Gasteiger partial charge in [0.05, 0.1) is 17.1 Å². The van der Waals surface area contributed by atoms with Crippen molar-refractivity contribution < 1.29 is 13.2 Å². The average Bonchev–Trinajstić information content (AvgIpc) is 3.27. The number of amides is 2. The van der Waals surface area contributed by atoms with Gasteiger partial charge in [0.1, 0.15) is 0 Å². The van der Waals surface area contributed by atoms with Gasteiger partial charge in [-0.3, -0.25) is 4.90 Å². The van der Waals surface area contributed by atoms with Crippen molar-refractivity contribution in [3.05, 3.63) is 84.7 Å². The second-order valence-corrected chi connectivity index (χ2v) is 8.49. The Kier molecular flexibility index (Phi) is 5.48. The molecule has 1 aliphatic heterocycles. The number of urea groups is 1. The molecular weight excluding hydrogens is 412 g/mol. The second kappa shape index (κ2) is 8.23. The van der Waals surface area contributed by atoms with Crippen molar-refractivity contribution in [1.29, 1.82) is 0 Å². The number of aromatic nitrogens is 2. The Morgan fingerprint density at radius 2 is 1.58 bits per heavy atom. The van der Waals surface area contributed by atoms with E-state index in [4.69, 9.17) is 0 Å². The number of hydrogen-bond donors (Lipinski definition) is 1. The minimum absolute atomic E-state index is 0.177. The second-order valence-electron chi connectivity index (χ2n) is 6.68. The summed E-state index contributed by atoms with van der Waals surface area (Å²) in [6.07, 6.45) is 3.08. The first kappa shape index (κ1) is 20.6. The topological polar surface area (TPSA) is 84.3 Å². The number of pyridine rings is 1. The zero-order valence-electron chi connectivity index (χ0n) is 17.2. The molecule has 31 heavy (non-hydrogen) atoms. The van der Waals surface area contributed by atoms with Crippen LogP contribution in [0.5, 0.6) is 0 Å². The molecule has 0 saturated heterocycles. The van der Waals surface area contributed by atoms with Crippen molar-refractivity contribution in [3.8, 4) is 0 Å². The third-order valence-electron chi connectivity index (χ3n) is 4.93. The van der Waals surface area contributed by atoms with Crippen LogP contribution < -0.4 is 10.2 Å². The highest BCUT2D eigenvalue weighted by Gasteiger charge is 2.28. The van der Waals surface area contributed by atoms with Crippen LogP contribution in [0.15, 0.2) is 84.0 Å². The lowest BCUT2D eigenvalue weighted by atomic mass is 10.1. The van der Waals surface area contributed by atoms with Crippen molar-refractivity contribution in [2.45, 2.75) is 25.3 Å². The molecule has 4 aromatic rings. The lowest BCUT2D eigenvalue weighted by molar-refractivity contribution is 0.256. The molecule has 0 saturated carbocycles. The molecule has 0 fully saturated rings. The smallest absolute Gasteiger partial charge is 0.306 e. The molecule has 0 radical (unpaired) electrons. The largest absolute Gasteiger partial charge is 0.326 e. The molecule has 0 bridgehead atoms. The van der Waals surface area contributed by atoms with Crippen LogP contribution in [0.25, 0.3) is 11.0 Å². The molecule has 2 aromatic heterocycles. The van der Waals surface area contributed by atoms with E-state index < -0.39 is 10.0 Å². The fourth-order valence-corrected chi connectivity index (χ4v) is 4.83. The van der Waals surface area contributed by atoms with Crippen molar-refractivity contribution >= 4 is 38.5 Å². The van der Waals surface area contributed by atoms with Gasteiger partial charge in [-0.05, 0) is 30.3 Å². The number of fused-ring (bicyclic) bond motifs is 3. The Labute approximate surface area is 181 Å². The summed E-state index contributed by atoms with van der Waals surface area (Å²) >= 11 is 0. The number of nitrogens with zero attached hydrogens (tertiary/aromatic N) is 3. The minimum Gasteiger partial charge on any atom is -0.306 e. The number of benzene rings is 2. The molecule has 0 atom stereocenters. The van der Waals surface area contributed by atoms with E-state index in [1.807, 2.05) is 44.2 Å². The maximum atomic E-state index is 13.0. The maximum absolute atomic E-state index is 13.0. The molecule has 2 aromatic carbocycles. The first-order valence-electron chi connectivity index (χ1n) is 9.99. The van der Waals surface area contributed by atoms with E-state index in [2.05, 4.69) is 10.3 Å². The Morgan fingerprint density at radius 1 is 0.935 bits per heavy atom. The first-order valence-corrected chi connectivity index (χ1v) is 11.4. The fraction of sp³-hybridized carbons (Fsp3) is 0.130. The van der Waals surface area contributed by atoms with Gasteiger partial charge in [0.15, 0.2) is 5.65 Å². The molecule has 0 spiro atoms. The number of nitrogens with one attached hydrogen (secondary N) is 1. The Morgan fingerprint density at radius 3 is 2.26 bits per heavy atom. The zero-order valence-corrected chi connectivity index (χ0v) is 18.0. The molecule has 7 nitrogen and oxygen atoms in total. The third kappa shape index (κ3) is 3.55. The van der Waals surface area contributed by atoms with Crippen LogP contribution in [0, 0.1) is 0 Å². The number of rotatable bonds is 3. The normalized spacial score (nSPS) is 13.2. The molecule has 0 aliphatic carbocycles. The Hall–Kier alpha value is -3.65. The van der Waals surface area contributed by atoms with Crippen molar-refractivity contribution in [2.75, 3.05) is 10.2 Å². The monoisotopic (exact) mass is 434 g/mol. The summed E-state index contributed by atoms with van der Waals surface area (Å²) in [5.41, 5.74) is 2.46. The van der Waals surface area contributed by atoms with Gasteiger partial charge in [-0.15, -0.1) is 0 Å². The van der Waals surface area contributed by atoms with Crippen LogP contribution in [-0.2, 0) is 16.6 Å². The van der Waals surface area contributed by atoms with Crippen LogP contribution in [0.3, 0.4) is 0 Å². The fourth-order valence-electron chi connectivity index (χ4n) is 3.50. The molecular formula is C23H22N4O3S. The quantitative estimate of drug-likeness (QED) is 0.499. The van der Waals surface area contributed by atoms with Gasteiger partial charge in [0, 0.05) is 29.0 Å². The molecule has 3 heterocycles. The molecule has 1 aliphatic rings. The van der Waals surface area contributed by atoms with Crippen molar-refractivity contribution in [1.82, 2.24) is 8.96 Å². The highest BCUT2D eigenvalue weighted by molar-refractivity contribution is 7.90. The number of para-hydroxylation sites is 1. The van der Waals surface area contributed by atoms with Crippen LogP contribution in [0.2, 0.25) is 0 Å². The SMILES string of the molecule is CC.O=C1Nc2c(cnc3c2ccn3S(=O)(=O)c2ccccc2)CN1c1ccccc1. The zero-order chi connectivity index (χ0) is 22.0. The predicted molar refractivity (Wildman–Crippen MR) is 122 cm³/mol. The van der Waals surface area contributed by atoms with Gasteiger partial charge in [0.25, 0.3) is 10.0 Å². The van der Waals surface area contributed by atoms with E-state index in [1.165, 1.54) is 6.20 Å². The lowest BCUT2D eigenvalue weighted by Gasteiger charge is -2.29. The van der Waals surface area contributed by atoms with E-state index in [0.29, 0.717) is 17.6 Å². The van der Waals surface area contributed by atoms with Crippen molar-refractivity contribution in [2.24, 2.45) is 0 Å². The summed E-state index contributed by atoms with van der Waals surface area (Å²) in [7, 11) is -3.79. The number of anilines is 2. The molecule has 2 amide bonds. The summed E-state index contributed by atoms with van der Waals surface area (Å²) in [4.78, 5) is 18.9. The van der Waals surface area contributed by atoms with E-state index in [9.17, 15) is 13.2 Å². The summed E-state index contributed by atoms with van der Waals surface area (Å²) in [6.45, 7) is 4.35. The molecule has 0 unspecified atom stereocenters. The Bertz CT molecular complexity index is 1330. The van der Waals surface area contributed by atoms with E-state index in [-0.39, 0.29) is 16.6 Å². The van der Waals surface area contributed by atoms with Crippen LogP contribution in [-0.4, -0.2) is 23.4 Å². The first-order chi connectivity index (χ1) is 15.1. The minimum atomic E-state index is -3.79. The standard InChI is InChI=1S/C21H16N4O3S.C2H6/c26-21-23-19-15(14-24(21)16-7-3-1-4-8-16)13-22-20-18(19)11-12-25(20)29(27,28)17-9-5-2-6-10-17;1-2/h1-13H,14H2,(H,23,26);1-2H3. The molecule has 8 heteroatoms. The molecule has 5 rings (SSSR count). The predicted octanol–water partition coefficient (Wildman–Crippen LogP) is 4.85. The maximum Gasteiger partial charge on any atom is 0.326 e. The van der Waals surface area contributed by atoms with E-state index >= 15 is 0 Å². The summed E-state index contributed by atoms with van der Waals surface area (Å²) in [5.74, 6) is 0. The van der Waals surface area contributed by atoms with Gasteiger partial charge in [-0.25, -0.2) is 22.2 Å². The Balaban J connectivity index is 0.00000112. The lowest BCUT2D eigenvalue weighted by Crippen LogP contribution is -2.38. The summed E-state index contributed by atoms with van der Waals surface area (Å²) in [6, 6.07) is 18.9. The molecule has 1 N–H and O–H groups in total. The van der Waals surface area contributed by atoms with Gasteiger partial charge in [-0.1, -0.05) is 50.2 Å². The van der Waals surface area contributed by atoms with Crippen molar-refractivity contribution in [3.63, 3.8) is 0 Å². The molecule has 158 valence electrons. The average molecular weight is 435 g/mol. The van der Waals surface area contributed by atoms with E-state index in [1.54, 1.807) is 47.5 Å². The number of carbonyl (C=O) groups excluding carboxylic acids is 1. The van der Waals surface area contributed by atoms with E-state index in [0.717, 1.165) is 15.2 Å². The highest BCUT2D eigenvalue weighted by atomic mass is 32.2. The number of hydrogen-bond acceptors (Lipinski definition) is 4. The number of carbonyl (C=O) groups is 1.